The molecule has 3 nitrogen and oxygen atoms in total. The maximum absolute atomic E-state index is 4.47. The molecule has 0 saturated carbocycles. The standard InChI is InChI=1S/C16H11N2.C11H8N.Ir/c1-2-6-13(7-3-1)16-15(9-5-11-18-16)14-8-4-10-17-12-14;1-2-6-10(7-3-1)11-8-4-5-9-12-11;/h1-6,8-12H;1-6,8-9H;/q2*-1;. The first kappa shape index (κ1) is 22.2. The number of rotatable bonds is 3. The zero-order chi connectivity index (χ0) is 20.4. The molecule has 4 heteroatoms. The Balaban J connectivity index is 0.000000183. The van der Waals surface area contributed by atoms with Gasteiger partial charge in [0.15, 0.2) is 0 Å². The van der Waals surface area contributed by atoms with Gasteiger partial charge in [-0.05, 0) is 40.7 Å². The number of hydrogen-bond donors (Lipinski definition) is 0. The average molecular weight is 578 g/mol. The Morgan fingerprint density at radius 3 is 1.94 bits per heavy atom. The monoisotopic (exact) mass is 578 g/mol. The van der Waals surface area contributed by atoms with Crippen molar-refractivity contribution in [1.82, 2.24) is 15.0 Å². The normalized spacial score (nSPS) is 9.68. The molecule has 2 aromatic carbocycles. The largest absolute Gasteiger partial charge is 0.305 e. The molecule has 5 rings (SSSR count). The van der Waals surface area contributed by atoms with Crippen LogP contribution >= 0.6 is 0 Å². The summed E-state index contributed by atoms with van der Waals surface area (Å²) in [5, 5.41) is 0. The summed E-state index contributed by atoms with van der Waals surface area (Å²) in [6, 6.07) is 35.9. The van der Waals surface area contributed by atoms with Crippen LogP contribution in [0.15, 0.2) is 116 Å². The molecule has 3 aromatic heterocycles. The molecule has 0 fully saturated rings. The topological polar surface area (TPSA) is 38.7 Å². The van der Waals surface area contributed by atoms with E-state index in [0.717, 1.165) is 33.6 Å². The van der Waals surface area contributed by atoms with Crippen molar-refractivity contribution in [2.45, 2.75) is 0 Å². The van der Waals surface area contributed by atoms with Crippen LogP contribution in [0.2, 0.25) is 0 Å². The third kappa shape index (κ3) is 6.02. The van der Waals surface area contributed by atoms with Gasteiger partial charge < -0.3 is 9.97 Å². The first-order chi connectivity index (χ1) is 14.9. The Labute approximate surface area is 196 Å². The fraction of sp³-hybridized carbons (Fsp3) is 0. The van der Waals surface area contributed by atoms with Crippen molar-refractivity contribution in [2.75, 3.05) is 0 Å². The summed E-state index contributed by atoms with van der Waals surface area (Å²) in [4.78, 5) is 12.8. The smallest absolute Gasteiger partial charge is 0.0338 e. The Hall–Kier alpha value is -3.46. The predicted octanol–water partition coefficient (Wildman–Crippen LogP) is 6.16. The summed E-state index contributed by atoms with van der Waals surface area (Å²) in [7, 11) is 0. The van der Waals surface area contributed by atoms with Crippen molar-refractivity contribution in [1.29, 1.82) is 0 Å². The summed E-state index contributed by atoms with van der Waals surface area (Å²) in [5.41, 5.74) is 6.09. The van der Waals surface area contributed by atoms with E-state index < -0.39 is 0 Å². The molecule has 0 aliphatic heterocycles. The van der Waals surface area contributed by atoms with E-state index in [0.29, 0.717) is 0 Å². The number of benzene rings is 2. The van der Waals surface area contributed by atoms with Gasteiger partial charge in [0.1, 0.15) is 0 Å². The predicted molar refractivity (Wildman–Crippen MR) is 120 cm³/mol. The van der Waals surface area contributed by atoms with Crippen LogP contribution in [0, 0.1) is 12.1 Å². The van der Waals surface area contributed by atoms with E-state index in [2.05, 4.69) is 33.2 Å². The van der Waals surface area contributed by atoms with E-state index in [1.807, 2.05) is 91.1 Å². The third-order valence-corrected chi connectivity index (χ3v) is 4.39. The fourth-order valence-electron chi connectivity index (χ4n) is 2.99. The van der Waals surface area contributed by atoms with Gasteiger partial charge >= 0.3 is 0 Å². The van der Waals surface area contributed by atoms with Crippen molar-refractivity contribution in [3.63, 3.8) is 0 Å². The van der Waals surface area contributed by atoms with Crippen LogP contribution in [0.5, 0.6) is 0 Å². The Morgan fingerprint density at radius 2 is 1.29 bits per heavy atom. The van der Waals surface area contributed by atoms with E-state index in [9.17, 15) is 0 Å². The molecule has 0 unspecified atom stereocenters. The first-order valence-electron chi connectivity index (χ1n) is 9.62. The minimum absolute atomic E-state index is 0. The van der Waals surface area contributed by atoms with Gasteiger partial charge in [0.25, 0.3) is 0 Å². The van der Waals surface area contributed by atoms with E-state index in [4.69, 9.17) is 0 Å². The molecule has 153 valence electrons. The van der Waals surface area contributed by atoms with Gasteiger partial charge in [0.05, 0.1) is 0 Å². The molecule has 3 heterocycles. The molecular weight excluding hydrogens is 559 g/mol. The van der Waals surface area contributed by atoms with Crippen molar-refractivity contribution in [3.05, 3.63) is 128 Å². The maximum atomic E-state index is 4.47. The molecule has 0 atom stereocenters. The molecule has 0 aliphatic rings. The molecule has 0 bridgehead atoms. The zero-order valence-corrected chi connectivity index (χ0v) is 19.0. The second kappa shape index (κ2) is 11.7. The van der Waals surface area contributed by atoms with Crippen LogP contribution in [0.25, 0.3) is 33.6 Å². The Bertz CT molecular complexity index is 1070. The minimum Gasteiger partial charge on any atom is -0.305 e. The number of hydrogen-bond acceptors (Lipinski definition) is 3. The van der Waals surface area contributed by atoms with Crippen LogP contribution in [0.3, 0.4) is 0 Å². The third-order valence-electron chi connectivity index (χ3n) is 4.39. The quantitative estimate of drug-likeness (QED) is 0.241. The SMILES string of the molecule is [Ir].[c-]1ccccc1-c1ccccn1.[c-]1ccccc1-c1ncccc1-c1cccnc1. The van der Waals surface area contributed by atoms with E-state index >= 15 is 0 Å². The molecule has 0 amide bonds. The molecule has 0 spiro atoms. The van der Waals surface area contributed by atoms with Crippen molar-refractivity contribution in [2.24, 2.45) is 0 Å². The molecule has 1 radical (unpaired) electrons. The van der Waals surface area contributed by atoms with E-state index in [-0.39, 0.29) is 20.1 Å². The van der Waals surface area contributed by atoms with Crippen LogP contribution in [-0.2, 0) is 20.1 Å². The summed E-state index contributed by atoms with van der Waals surface area (Å²) in [5.74, 6) is 0. The molecular formula is C27H19IrN3-2. The van der Waals surface area contributed by atoms with Crippen molar-refractivity contribution in [3.8, 4) is 33.6 Å². The summed E-state index contributed by atoms with van der Waals surface area (Å²) in [6.07, 6.45) is 7.21. The Morgan fingerprint density at radius 1 is 0.581 bits per heavy atom. The van der Waals surface area contributed by atoms with Crippen molar-refractivity contribution >= 4 is 0 Å². The Kier molecular flexibility index (Phi) is 8.36. The van der Waals surface area contributed by atoms with Crippen LogP contribution in [0.1, 0.15) is 0 Å². The molecule has 5 aromatic rings. The molecule has 0 N–H and O–H groups in total. The van der Waals surface area contributed by atoms with Gasteiger partial charge in [0.2, 0.25) is 0 Å². The zero-order valence-electron chi connectivity index (χ0n) is 16.6. The van der Waals surface area contributed by atoms with Crippen molar-refractivity contribution < 1.29 is 20.1 Å². The average Bonchev–Trinajstić information content (AvgIpc) is 2.87. The summed E-state index contributed by atoms with van der Waals surface area (Å²) >= 11 is 0. The summed E-state index contributed by atoms with van der Waals surface area (Å²) < 4.78 is 0. The number of pyridine rings is 3. The maximum Gasteiger partial charge on any atom is 0.0338 e. The van der Waals surface area contributed by atoms with Crippen LogP contribution < -0.4 is 0 Å². The van der Waals surface area contributed by atoms with Gasteiger partial charge in [-0.2, -0.15) is 0 Å². The first-order valence-corrected chi connectivity index (χ1v) is 9.62. The van der Waals surface area contributed by atoms with E-state index in [1.54, 1.807) is 18.6 Å². The fourth-order valence-corrected chi connectivity index (χ4v) is 2.99. The van der Waals surface area contributed by atoms with Gasteiger partial charge in [-0.3, -0.25) is 4.98 Å². The molecule has 31 heavy (non-hydrogen) atoms. The van der Waals surface area contributed by atoms with Crippen LogP contribution in [0.4, 0.5) is 0 Å². The van der Waals surface area contributed by atoms with E-state index in [1.165, 1.54) is 0 Å². The van der Waals surface area contributed by atoms with Gasteiger partial charge in [0, 0.05) is 44.9 Å². The van der Waals surface area contributed by atoms with Gasteiger partial charge in [-0.25, -0.2) is 0 Å². The molecule has 0 saturated heterocycles. The molecule has 0 aliphatic carbocycles. The second-order valence-electron chi connectivity index (χ2n) is 6.41. The summed E-state index contributed by atoms with van der Waals surface area (Å²) in [6.45, 7) is 0. The second-order valence-corrected chi connectivity index (χ2v) is 6.41. The van der Waals surface area contributed by atoms with Crippen LogP contribution in [-0.4, -0.2) is 15.0 Å². The minimum atomic E-state index is 0. The number of aromatic nitrogens is 3. The van der Waals surface area contributed by atoms with Gasteiger partial charge in [-0.1, -0.05) is 24.3 Å². The van der Waals surface area contributed by atoms with Gasteiger partial charge in [-0.15, -0.1) is 71.8 Å². The number of nitrogens with zero attached hydrogens (tertiary/aromatic N) is 3.